The molecule has 1 saturated heterocycles. The highest BCUT2D eigenvalue weighted by atomic mass is 16.5. The van der Waals surface area contributed by atoms with Crippen molar-refractivity contribution in [2.45, 2.75) is 36.6 Å². The number of Topliss-reactive ketones (excluding diaryl/α,β-unsaturated/α-hetero) is 1. The number of benzene rings is 1. The van der Waals surface area contributed by atoms with E-state index in [-0.39, 0.29) is 17.1 Å². The lowest BCUT2D eigenvalue weighted by Crippen LogP contribution is -2.59. The first-order valence-corrected chi connectivity index (χ1v) is 8.40. The van der Waals surface area contributed by atoms with E-state index in [1.165, 1.54) is 0 Å². The van der Waals surface area contributed by atoms with E-state index in [0.29, 0.717) is 17.9 Å². The largest absolute Gasteiger partial charge is 0.504 e. The molecule has 1 aliphatic heterocycles. The minimum absolute atomic E-state index is 0.0125. The molecule has 0 aromatic heterocycles. The predicted molar refractivity (Wildman–Crippen MR) is 89.4 cm³/mol. The van der Waals surface area contributed by atoms with Gasteiger partial charge in [0.25, 0.3) is 0 Å². The molecule has 5 heteroatoms. The van der Waals surface area contributed by atoms with E-state index in [9.17, 15) is 9.90 Å². The molecule has 24 heavy (non-hydrogen) atoms. The van der Waals surface area contributed by atoms with Crippen LogP contribution < -0.4 is 4.74 Å². The Morgan fingerprint density at radius 1 is 1.21 bits per heavy atom. The number of aromatic hydroxyl groups is 1. The number of phenols is 1. The smallest absolute Gasteiger partial charge is 0.198 e. The van der Waals surface area contributed by atoms with Crippen LogP contribution in [0.3, 0.4) is 0 Å². The van der Waals surface area contributed by atoms with E-state index in [1.807, 2.05) is 18.2 Å². The monoisotopic (exact) mass is 329 g/mol. The van der Waals surface area contributed by atoms with Gasteiger partial charge in [-0.25, -0.2) is 0 Å². The van der Waals surface area contributed by atoms with Crippen LogP contribution in [0, 0.1) is 0 Å². The highest BCUT2D eigenvalue weighted by molar-refractivity contribution is 5.97. The SMILES string of the molecule is COC1=C[C@@]23CCc4ccc(OC)c(O)c4[C@@]2(CCN3C)CC1=O. The lowest BCUT2D eigenvalue weighted by atomic mass is 9.54. The summed E-state index contributed by atoms with van der Waals surface area (Å²) in [4.78, 5) is 15.0. The number of methoxy groups -OCH3 is 2. The van der Waals surface area contributed by atoms with Crippen LogP contribution in [0.25, 0.3) is 0 Å². The van der Waals surface area contributed by atoms with Crippen LogP contribution in [-0.4, -0.2) is 49.1 Å². The van der Waals surface area contributed by atoms with Crippen molar-refractivity contribution in [2.75, 3.05) is 27.8 Å². The zero-order chi connectivity index (χ0) is 17.1. The number of ether oxygens (including phenoxy) is 2. The average Bonchev–Trinajstić information content (AvgIpc) is 2.87. The molecule has 1 N–H and O–H groups in total. The highest BCUT2D eigenvalue weighted by Gasteiger charge is 2.64. The summed E-state index contributed by atoms with van der Waals surface area (Å²) in [5.74, 6) is 1.13. The number of phenolic OH excluding ortho intramolecular Hbond substituents is 1. The number of aryl methyl sites for hydroxylation is 1. The molecule has 4 rings (SSSR count). The number of fused-ring (bicyclic) bond motifs is 1. The van der Waals surface area contributed by atoms with Gasteiger partial charge < -0.3 is 14.6 Å². The van der Waals surface area contributed by atoms with Crippen molar-refractivity contribution in [3.63, 3.8) is 0 Å². The van der Waals surface area contributed by atoms with Crippen molar-refractivity contribution in [2.24, 2.45) is 0 Å². The van der Waals surface area contributed by atoms with Gasteiger partial charge in [0, 0.05) is 17.4 Å². The fraction of sp³-hybridized carbons (Fsp3) is 0.526. The maximum Gasteiger partial charge on any atom is 0.198 e. The average molecular weight is 329 g/mol. The van der Waals surface area contributed by atoms with Gasteiger partial charge in [0.05, 0.1) is 19.8 Å². The third-order valence-corrected chi connectivity index (χ3v) is 6.41. The van der Waals surface area contributed by atoms with Crippen molar-refractivity contribution in [1.82, 2.24) is 4.90 Å². The van der Waals surface area contributed by atoms with Crippen molar-refractivity contribution in [3.8, 4) is 11.5 Å². The van der Waals surface area contributed by atoms with Crippen LogP contribution in [0.5, 0.6) is 11.5 Å². The van der Waals surface area contributed by atoms with E-state index in [1.54, 1.807) is 14.2 Å². The van der Waals surface area contributed by atoms with Crippen molar-refractivity contribution >= 4 is 5.78 Å². The number of carbonyl (C=O) groups is 1. The zero-order valence-electron chi connectivity index (χ0n) is 14.4. The molecule has 3 aliphatic rings. The Labute approximate surface area is 141 Å². The summed E-state index contributed by atoms with van der Waals surface area (Å²) in [6.07, 6.45) is 5.00. The van der Waals surface area contributed by atoms with Gasteiger partial charge in [0.2, 0.25) is 0 Å². The number of hydrogen-bond acceptors (Lipinski definition) is 5. The molecule has 1 fully saturated rings. The number of hydrogen-bond donors (Lipinski definition) is 1. The van der Waals surface area contributed by atoms with Crippen LogP contribution in [0.15, 0.2) is 24.0 Å². The van der Waals surface area contributed by atoms with Gasteiger partial charge in [-0.1, -0.05) is 6.07 Å². The summed E-state index contributed by atoms with van der Waals surface area (Å²) < 4.78 is 10.7. The molecule has 1 aromatic carbocycles. The predicted octanol–water partition coefficient (Wildman–Crippen LogP) is 2.16. The molecular formula is C19H23NO4. The molecule has 0 amide bonds. The minimum atomic E-state index is -0.410. The molecule has 0 spiro atoms. The van der Waals surface area contributed by atoms with Gasteiger partial charge in [-0.15, -0.1) is 0 Å². The van der Waals surface area contributed by atoms with Crippen LogP contribution in [-0.2, 0) is 21.4 Å². The summed E-state index contributed by atoms with van der Waals surface area (Å²) in [6, 6.07) is 3.85. The first-order chi connectivity index (χ1) is 11.5. The highest BCUT2D eigenvalue weighted by Crippen LogP contribution is 2.61. The Morgan fingerprint density at radius 2 is 2.00 bits per heavy atom. The maximum absolute atomic E-state index is 12.7. The topological polar surface area (TPSA) is 59.0 Å². The number of allylic oxidation sites excluding steroid dienone is 1. The second-order valence-corrected chi connectivity index (χ2v) is 7.14. The first-order valence-electron chi connectivity index (χ1n) is 8.40. The standard InChI is InChI=1S/C19H23NO4/c1-20-9-8-18-10-13(21)15(24-3)11-19(18,20)7-6-12-4-5-14(23-2)17(22)16(12)18/h4-5,11,22H,6-10H2,1-3H3/t18-,19+/m1/s1. The number of carbonyl (C=O) groups excluding carboxylic acids is 1. The van der Waals surface area contributed by atoms with Gasteiger partial charge in [-0.05, 0) is 50.6 Å². The number of ketones is 1. The molecule has 5 nitrogen and oxygen atoms in total. The summed E-state index contributed by atoms with van der Waals surface area (Å²) in [6.45, 7) is 0.886. The maximum atomic E-state index is 12.7. The second kappa shape index (κ2) is 4.99. The molecule has 0 radical (unpaired) electrons. The second-order valence-electron chi connectivity index (χ2n) is 7.14. The lowest BCUT2D eigenvalue weighted by molar-refractivity contribution is -0.122. The first kappa shape index (κ1) is 15.5. The number of likely N-dealkylation sites (N-methyl/N-ethyl adjacent to an activating group) is 1. The lowest BCUT2D eigenvalue weighted by Gasteiger charge is -2.53. The summed E-state index contributed by atoms with van der Waals surface area (Å²) in [5.41, 5.74) is 1.33. The van der Waals surface area contributed by atoms with Gasteiger partial charge in [0.1, 0.15) is 0 Å². The van der Waals surface area contributed by atoms with Gasteiger partial charge in [0.15, 0.2) is 23.0 Å². The fourth-order valence-corrected chi connectivity index (χ4v) is 5.24. The van der Waals surface area contributed by atoms with E-state index in [4.69, 9.17) is 9.47 Å². The Kier molecular flexibility index (Phi) is 3.23. The molecule has 1 aromatic rings. The molecule has 0 bridgehead atoms. The van der Waals surface area contributed by atoms with Crippen molar-refractivity contribution < 1.29 is 19.4 Å². The third kappa shape index (κ3) is 1.66. The molecule has 0 saturated carbocycles. The van der Waals surface area contributed by atoms with E-state index in [2.05, 4.69) is 11.9 Å². The Morgan fingerprint density at radius 3 is 2.71 bits per heavy atom. The van der Waals surface area contributed by atoms with Gasteiger partial charge >= 0.3 is 0 Å². The molecule has 1 heterocycles. The molecular weight excluding hydrogens is 306 g/mol. The minimum Gasteiger partial charge on any atom is -0.504 e. The van der Waals surface area contributed by atoms with E-state index < -0.39 is 5.41 Å². The Hall–Kier alpha value is -2.01. The Balaban J connectivity index is 2.02. The van der Waals surface area contributed by atoms with Crippen LogP contribution in [0.2, 0.25) is 0 Å². The fourth-order valence-electron chi connectivity index (χ4n) is 5.24. The van der Waals surface area contributed by atoms with Gasteiger partial charge in [-0.3, -0.25) is 9.69 Å². The molecule has 2 atom stereocenters. The molecule has 128 valence electrons. The van der Waals surface area contributed by atoms with Crippen molar-refractivity contribution in [3.05, 3.63) is 35.1 Å². The third-order valence-electron chi connectivity index (χ3n) is 6.41. The summed E-state index contributed by atoms with van der Waals surface area (Å²) in [5, 5.41) is 10.9. The van der Waals surface area contributed by atoms with Crippen molar-refractivity contribution in [1.29, 1.82) is 0 Å². The summed E-state index contributed by atoms with van der Waals surface area (Å²) >= 11 is 0. The van der Waals surface area contributed by atoms with E-state index >= 15 is 0 Å². The number of likely N-dealkylation sites (tertiary alicyclic amines) is 1. The molecule has 2 aliphatic carbocycles. The Bertz CT molecular complexity index is 756. The van der Waals surface area contributed by atoms with Gasteiger partial charge in [-0.2, -0.15) is 0 Å². The zero-order valence-corrected chi connectivity index (χ0v) is 14.4. The summed E-state index contributed by atoms with van der Waals surface area (Å²) in [7, 11) is 5.22. The van der Waals surface area contributed by atoms with Crippen LogP contribution >= 0.6 is 0 Å². The van der Waals surface area contributed by atoms with Crippen LogP contribution in [0.4, 0.5) is 0 Å². The van der Waals surface area contributed by atoms with E-state index in [0.717, 1.165) is 36.9 Å². The number of rotatable bonds is 2. The normalized spacial score (nSPS) is 31.8. The quantitative estimate of drug-likeness (QED) is 0.901. The number of nitrogens with zero attached hydrogens (tertiary/aromatic N) is 1. The molecule has 0 unspecified atom stereocenters. The van der Waals surface area contributed by atoms with Crippen LogP contribution in [0.1, 0.15) is 30.4 Å².